The first-order valence-electron chi connectivity index (χ1n) is 8.84. The Morgan fingerprint density at radius 1 is 0.676 bits per heavy atom. The number of fused-ring (bicyclic) bond motifs is 2. The van der Waals surface area contributed by atoms with Gasteiger partial charge in [-0.3, -0.25) is 9.59 Å². The number of carbonyl (C=O) groups is 2. The summed E-state index contributed by atoms with van der Waals surface area (Å²) in [4.78, 5) is 24.6. The van der Waals surface area contributed by atoms with Crippen LogP contribution in [0.25, 0.3) is 0 Å². The number of ketones is 2. The average Bonchev–Trinajstić information content (AvgIpc) is 2.71. The van der Waals surface area contributed by atoms with E-state index in [-0.39, 0.29) is 87.2 Å². The van der Waals surface area contributed by atoms with Crippen LogP contribution in [0.4, 0.5) is 17.1 Å². The molecule has 3 aromatic rings. The van der Waals surface area contributed by atoms with Gasteiger partial charge in [0.05, 0.1) is 38.0 Å². The summed E-state index contributed by atoms with van der Waals surface area (Å²) in [5, 5.41) is 2.52. The molecule has 0 amide bonds. The van der Waals surface area contributed by atoms with Gasteiger partial charge >= 0.3 is 59.1 Å². The van der Waals surface area contributed by atoms with E-state index in [1.807, 2.05) is 0 Å². The predicted octanol–water partition coefficient (Wildman–Crippen LogP) is -4.40. The third kappa shape index (κ3) is 5.02. The van der Waals surface area contributed by atoms with Gasteiger partial charge in [-0.1, -0.05) is 36.4 Å². The summed E-state index contributed by atoms with van der Waals surface area (Å²) in [5.74, 6) is -1.49. The third-order valence-electron chi connectivity index (χ3n) is 4.90. The SMILES string of the molecule is Nc1c(S(=O)(=O)[O-])cc(Nc2ccccc2S(=O)(=O)[O-])c2c1C(=O)c1ccccc1C2=O.[Na+].[Na+]. The molecule has 0 radical (unpaired) electrons. The summed E-state index contributed by atoms with van der Waals surface area (Å²) >= 11 is 0. The van der Waals surface area contributed by atoms with Crippen molar-refractivity contribution in [3.8, 4) is 0 Å². The largest absolute Gasteiger partial charge is 1.00 e. The van der Waals surface area contributed by atoms with E-state index >= 15 is 0 Å². The standard InChI is InChI=1S/C20H14N2O8S2.2Na/c21-18-15(32(28,29)30)9-13(22-12-7-3-4-8-14(12)31(25,26)27)16-17(18)20(24)11-6-2-1-5-10(11)19(16)23;;/h1-9,22H,21H2,(H,25,26,27)(H,28,29,30);;/q;2*+1/p-2. The zero-order valence-corrected chi connectivity index (χ0v) is 23.5. The van der Waals surface area contributed by atoms with Gasteiger partial charge in [-0.15, -0.1) is 0 Å². The van der Waals surface area contributed by atoms with Crippen LogP contribution in [0.3, 0.4) is 0 Å². The van der Waals surface area contributed by atoms with Crippen LogP contribution in [0, 0.1) is 0 Å². The Kier molecular flexibility index (Phi) is 8.59. The number of hydrogen-bond donors (Lipinski definition) is 2. The molecule has 4 rings (SSSR count). The van der Waals surface area contributed by atoms with Crippen LogP contribution < -0.4 is 70.2 Å². The molecule has 0 atom stereocenters. The molecule has 0 spiro atoms. The molecule has 10 nitrogen and oxygen atoms in total. The molecular formula is C20H12N2Na2O8S2. The summed E-state index contributed by atoms with van der Waals surface area (Å²) in [7, 11) is -10.2. The van der Waals surface area contributed by atoms with Crippen molar-refractivity contribution in [1.82, 2.24) is 0 Å². The number of para-hydroxylation sites is 1. The maximum Gasteiger partial charge on any atom is 1.00 e. The Bertz CT molecular complexity index is 1550. The van der Waals surface area contributed by atoms with E-state index in [2.05, 4.69) is 5.32 Å². The van der Waals surface area contributed by atoms with E-state index in [1.165, 1.54) is 42.5 Å². The van der Waals surface area contributed by atoms with Crippen molar-refractivity contribution in [2.45, 2.75) is 9.79 Å². The fourth-order valence-electron chi connectivity index (χ4n) is 3.53. The molecule has 164 valence electrons. The molecule has 34 heavy (non-hydrogen) atoms. The molecule has 14 heteroatoms. The maximum absolute atomic E-state index is 13.2. The number of nitrogens with one attached hydrogen (secondary N) is 1. The molecule has 0 aliphatic heterocycles. The Morgan fingerprint density at radius 3 is 1.68 bits per heavy atom. The van der Waals surface area contributed by atoms with Gasteiger partial charge in [0.2, 0.25) is 0 Å². The molecule has 1 aliphatic rings. The number of benzene rings is 3. The van der Waals surface area contributed by atoms with Crippen molar-refractivity contribution in [1.29, 1.82) is 0 Å². The second-order valence-electron chi connectivity index (χ2n) is 6.82. The predicted molar refractivity (Wildman–Crippen MR) is 110 cm³/mol. The molecule has 0 bridgehead atoms. The summed E-state index contributed by atoms with van der Waals surface area (Å²) in [6.07, 6.45) is 0. The van der Waals surface area contributed by atoms with Gasteiger partial charge in [-0.05, 0) is 18.2 Å². The van der Waals surface area contributed by atoms with E-state index in [4.69, 9.17) is 5.73 Å². The number of rotatable bonds is 4. The van der Waals surface area contributed by atoms with Crippen LogP contribution in [0.5, 0.6) is 0 Å². The number of nitrogen functional groups attached to an aromatic ring is 1. The van der Waals surface area contributed by atoms with Gasteiger partial charge in [-0.25, -0.2) is 16.8 Å². The second kappa shape index (κ2) is 10.2. The molecule has 0 fully saturated rings. The molecule has 1 aliphatic carbocycles. The fourth-order valence-corrected chi connectivity index (χ4v) is 4.80. The molecule has 0 heterocycles. The van der Waals surface area contributed by atoms with Crippen molar-refractivity contribution in [3.05, 3.63) is 76.9 Å². The molecule has 3 aromatic carbocycles. The Morgan fingerprint density at radius 2 is 1.15 bits per heavy atom. The number of carbonyl (C=O) groups excluding carboxylic acids is 2. The Labute approximate surface area is 239 Å². The number of hydrogen-bond acceptors (Lipinski definition) is 10. The smallest absolute Gasteiger partial charge is 0.744 e. The van der Waals surface area contributed by atoms with Crippen molar-refractivity contribution in [3.63, 3.8) is 0 Å². The van der Waals surface area contributed by atoms with E-state index < -0.39 is 52.8 Å². The van der Waals surface area contributed by atoms with Crippen molar-refractivity contribution < 1.29 is 94.6 Å². The first kappa shape index (κ1) is 28.7. The van der Waals surface area contributed by atoms with E-state index in [0.29, 0.717) is 0 Å². The second-order valence-corrected chi connectivity index (χ2v) is 9.52. The first-order chi connectivity index (χ1) is 14.9. The third-order valence-corrected chi connectivity index (χ3v) is 6.67. The topological polar surface area (TPSA) is 187 Å². The minimum Gasteiger partial charge on any atom is -0.744 e. The van der Waals surface area contributed by atoms with Gasteiger partial charge in [0, 0.05) is 11.1 Å². The first-order valence-corrected chi connectivity index (χ1v) is 11.7. The zero-order valence-electron chi connectivity index (χ0n) is 17.9. The minimum atomic E-state index is -5.20. The molecule has 0 saturated carbocycles. The maximum atomic E-state index is 13.2. The molecular weight excluding hydrogens is 506 g/mol. The van der Waals surface area contributed by atoms with Crippen LogP contribution >= 0.6 is 0 Å². The summed E-state index contributed by atoms with van der Waals surface area (Å²) < 4.78 is 70.2. The van der Waals surface area contributed by atoms with Crippen LogP contribution in [0.1, 0.15) is 31.8 Å². The zero-order chi connectivity index (χ0) is 23.4. The van der Waals surface area contributed by atoms with Crippen LogP contribution in [0.15, 0.2) is 64.4 Å². The normalized spacial score (nSPS) is 12.6. The summed E-state index contributed by atoms with van der Waals surface area (Å²) in [5.41, 5.74) is 3.60. The van der Waals surface area contributed by atoms with Gasteiger partial charge < -0.3 is 20.2 Å². The molecule has 0 saturated heterocycles. The van der Waals surface area contributed by atoms with Crippen LogP contribution in [0.2, 0.25) is 0 Å². The van der Waals surface area contributed by atoms with Crippen molar-refractivity contribution >= 4 is 48.9 Å². The summed E-state index contributed by atoms with van der Waals surface area (Å²) in [6.45, 7) is 0. The Hall–Kier alpha value is -1.58. The minimum absolute atomic E-state index is 0. The number of anilines is 3. The van der Waals surface area contributed by atoms with E-state index in [9.17, 15) is 35.5 Å². The van der Waals surface area contributed by atoms with Crippen LogP contribution in [-0.4, -0.2) is 37.5 Å². The monoisotopic (exact) mass is 518 g/mol. The van der Waals surface area contributed by atoms with E-state index in [1.54, 1.807) is 0 Å². The van der Waals surface area contributed by atoms with Crippen molar-refractivity contribution in [2.24, 2.45) is 0 Å². The average molecular weight is 518 g/mol. The van der Waals surface area contributed by atoms with E-state index in [0.717, 1.165) is 12.1 Å². The Balaban J connectivity index is 0.00000204. The molecule has 3 N–H and O–H groups in total. The molecule has 0 aromatic heterocycles. The summed E-state index contributed by atoms with van der Waals surface area (Å²) in [6, 6.07) is 11.3. The quantitative estimate of drug-likeness (QED) is 0.152. The van der Waals surface area contributed by atoms with Gasteiger partial charge in [-0.2, -0.15) is 0 Å². The van der Waals surface area contributed by atoms with Crippen LogP contribution in [-0.2, 0) is 20.2 Å². The van der Waals surface area contributed by atoms with Gasteiger partial charge in [0.15, 0.2) is 11.6 Å². The van der Waals surface area contributed by atoms with Gasteiger partial charge in [0.25, 0.3) is 0 Å². The van der Waals surface area contributed by atoms with Crippen molar-refractivity contribution in [2.75, 3.05) is 11.1 Å². The van der Waals surface area contributed by atoms with Gasteiger partial charge in [0.1, 0.15) is 20.2 Å². The fraction of sp³-hybridized carbons (Fsp3) is 0. The number of nitrogens with two attached hydrogens (primary N) is 1. The molecule has 0 unspecified atom stereocenters.